The number of anilines is 1. The molecule has 1 aliphatic heterocycles. The minimum absolute atomic E-state index is 0.0206. The van der Waals surface area contributed by atoms with Gasteiger partial charge in [-0.1, -0.05) is 35.9 Å². The summed E-state index contributed by atoms with van der Waals surface area (Å²) in [6.45, 7) is 0.299. The average molecular weight is 647 g/mol. The van der Waals surface area contributed by atoms with E-state index in [0.717, 1.165) is 6.42 Å². The Labute approximate surface area is 228 Å². The predicted molar refractivity (Wildman–Crippen MR) is 144 cm³/mol. The monoisotopic (exact) mass is 646 g/mol. The topological polar surface area (TPSA) is 68.7 Å². The van der Waals surface area contributed by atoms with Crippen LogP contribution in [-0.2, 0) is 18.5 Å². The average Bonchev–Trinajstić information content (AvgIpc) is 3.27. The highest BCUT2D eigenvalue weighted by Gasteiger charge is 2.39. The molecular formula is C25H22ClF2IN2O4S. The number of allylic oxidation sites excluding steroid dienone is 4. The maximum Gasteiger partial charge on any atom is 0.328 e. The fourth-order valence-electron chi connectivity index (χ4n) is 4.51. The Morgan fingerprint density at radius 3 is 2.78 bits per heavy atom. The Morgan fingerprint density at radius 2 is 2.08 bits per heavy atom. The summed E-state index contributed by atoms with van der Waals surface area (Å²) in [5.74, 6) is -2.76. The summed E-state index contributed by atoms with van der Waals surface area (Å²) in [4.78, 5) is 31.4. The van der Waals surface area contributed by atoms with E-state index >= 15 is 0 Å². The lowest BCUT2D eigenvalue weighted by molar-refractivity contribution is -0.142. The van der Waals surface area contributed by atoms with Gasteiger partial charge in [-0.3, -0.25) is 14.7 Å². The fraction of sp³-hybridized carbons (Fsp3) is 0.320. The minimum Gasteiger partial charge on any atom is -0.467 e. The van der Waals surface area contributed by atoms with Gasteiger partial charge in [0.25, 0.3) is 0 Å². The van der Waals surface area contributed by atoms with Gasteiger partial charge >= 0.3 is 5.97 Å². The molecule has 2 aliphatic rings. The zero-order valence-electron chi connectivity index (χ0n) is 19.1. The summed E-state index contributed by atoms with van der Waals surface area (Å²) in [5, 5.41) is -0.258. The molecule has 3 atom stereocenters. The van der Waals surface area contributed by atoms with Gasteiger partial charge in [0.15, 0.2) is 0 Å². The van der Waals surface area contributed by atoms with Crippen LogP contribution in [0.5, 0.6) is 0 Å². The molecule has 1 fully saturated rings. The van der Waals surface area contributed by atoms with Crippen molar-refractivity contribution in [1.29, 1.82) is 0 Å². The van der Waals surface area contributed by atoms with Crippen molar-refractivity contribution in [3.8, 4) is 11.3 Å². The van der Waals surface area contributed by atoms with Crippen LogP contribution in [0, 0.1) is 17.6 Å². The lowest BCUT2D eigenvalue weighted by Crippen LogP contribution is -2.39. The van der Waals surface area contributed by atoms with Gasteiger partial charge in [0, 0.05) is 56.6 Å². The van der Waals surface area contributed by atoms with Crippen LogP contribution in [0.3, 0.4) is 0 Å². The molecule has 11 heteroatoms. The molecule has 1 amide bonds. The third-order valence-corrected chi connectivity index (χ3v) is 7.56. The molecular weight excluding hydrogens is 625 g/mol. The number of halogens is 4. The molecule has 6 nitrogen and oxygen atoms in total. The molecule has 0 radical (unpaired) electrons. The third kappa shape index (κ3) is 5.76. The molecule has 190 valence electrons. The van der Waals surface area contributed by atoms with E-state index < -0.39 is 23.6 Å². The van der Waals surface area contributed by atoms with Crippen molar-refractivity contribution in [3.05, 3.63) is 70.9 Å². The molecule has 1 saturated heterocycles. The van der Waals surface area contributed by atoms with E-state index in [-0.39, 0.29) is 40.4 Å². The third-order valence-electron chi connectivity index (χ3n) is 6.28. The summed E-state index contributed by atoms with van der Waals surface area (Å²) < 4.78 is 39.4. The molecule has 3 unspecified atom stereocenters. The van der Waals surface area contributed by atoms with Gasteiger partial charge in [-0.25, -0.2) is 13.6 Å². The van der Waals surface area contributed by atoms with Crippen LogP contribution in [0.1, 0.15) is 30.9 Å². The number of nitrogens with zero attached hydrogens (tertiary/aromatic N) is 2. The van der Waals surface area contributed by atoms with Crippen molar-refractivity contribution in [3.63, 3.8) is 0 Å². The molecule has 1 aromatic heterocycles. The molecule has 2 heterocycles. The lowest BCUT2D eigenvalue weighted by atomic mass is 9.84. The molecule has 2 aromatic rings. The molecule has 1 aliphatic carbocycles. The van der Waals surface area contributed by atoms with Gasteiger partial charge in [0.1, 0.15) is 17.7 Å². The standard InChI is InChI=1S/C25H22ClF2IN2O4S/c1-34-25(33)23-7-8-24(32)31(23)15-9-21(16-11-18(26)20(28)12-19(16)27)30-22(10-15)17(13-35-36-29)14-5-3-2-4-6-14/h2-5,9-12,14,17,23H,6-8,13H2,1H3. The molecule has 0 bridgehead atoms. The number of hydrogen-bond acceptors (Lipinski definition) is 6. The molecule has 4 rings (SSSR count). The zero-order valence-corrected chi connectivity index (χ0v) is 22.9. The highest BCUT2D eigenvalue weighted by atomic mass is 127. The Balaban J connectivity index is 1.89. The number of amides is 1. The molecule has 0 N–H and O–H groups in total. The second-order valence-electron chi connectivity index (χ2n) is 8.39. The highest BCUT2D eigenvalue weighted by Crippen LogP contribution is 2.38. The SMILES string of the molecule is COC(=O)C1CCC(=O)N1c1cc(-c2cc(Cl)c(F)cc2F)nc(C(COSI)C2C=CC=CC2)c1. The van der Waals surface area contributed by atoms with Crippen molar-refractivity contribution in [2.75, 3.05) is 18.6 Å². The zero-order chi connectivity index (χ0) is 25.8. The van der Waals surface area contributed by atoms with Crippen molar-refractivity contribution in [2.24, 2.45) is 5.92 Å². The number of hydrogen-bond donors (Lipinski definition) is 0. The molecule has 1 aromatic carbocycles. The number of pyridine rings is 1. The summed E-state index contributed by atoms with van der Waals surface area (Å²) in [5.41, 5.74) is 1.05. The van der Waals surface area contributed by atoms with E-state index in [1.807, 2.05) is 45.5 Å². The molecule has 0 spiro atoms. The first-order valence-corrected chi connectivity index (χ1v) is 14.8. The first-order valence-electron chi connectivity index (χ1n) is 11.1. The van der Waals surface area contributed by atoms with Crippen LogP contribution >= 0.6 is 42.0 Å². The van der Waals surface area contributed by atoms with Crippen LogP contribution in [-0.4, -0.2) is 36.6 Å². The Morgan fingerprint density at radius 1 is 1.28 bits per heavy atom. The largest absolute Gasteiger partial charge is 0.467 e. The maximum absolute atomic E-state index is 14.9. The van der Waals surface area contributed by atoms with Gasteiger partial charge in [0.2, 0.25) is 5.91 Å². The summed E-state index contributed by atoms with van der Waals surface area (Å²) in [6.07, 6.45) is 9.18. The Bertz CT molecular complexity index is 1230. The number of benzene rings is 1. The Hall–Kier alpha value is -2.02. The number of ether oxygens (including phenoxy) is 1. The number of carbonyl (C=O) groups excluding carboxylic acids is 2. The fourth-order valence-corrected chi connectivity index (χ4v) is 5.32. The van der Waals surface area contributed by atoms with E-state index in [1.165, 1.54) is 33.4 Å². The van der Waals surface area contributed by atoms with Crippen molar-refractivity contribution in [2.45, 2.75) is 31.2 Å². The van der Waals surface area contributed by atoms with Gasteiger partial charge in [0.05, 0.1) is 33.6 Å². The van der Waals surface area contributed by atoms with Crippen molar-refractivity contribution in [1.82, 2.24) is 4.98 Å². The highest BCUT2D eigenvalue weighted by molar-refractivity contribution is 14.2. The minimum atomic E-state index is -0.890. The van der Waals surface area contributed by atoms with E-state index in [4.69, 9.17) is 25.5 Å². The number of methoxy groups -OCH3 is 1. The molecule has 0 saturated carbocycles. The summed E-state index contributed by atoms with van der Waals surface area (Å²) in [7, 11) is 2.45. The molecule has 36 heavy (non-hydrogen) atoms. The number of esters is 1. The maximum atomic E-state index is 14.9. The van der Waals surface area contributed by atoms with Gasteiger partial charge in [-0.05, 0) is 37.0 Å². The Kier molecular flexibility index (Phi) is 9.02. The predicted octanol–water partition coefficient (Wildman–Crippen LogP) is 6.58. The van der Waals surface area contributed by atoms with E-state index in [0.29, 0.717) is 30.5 Å². The van der Waals surface area contributed by atoms with Gasteiger partial charge < -0.3 is 8.92 Å². The quantitative estimate of drug-likeness (QED) is 0.140. The number of aromatic nitrogens is 1. The second kappa shape index (κ2) is 12.0. The number of carbonyl (C=O) groups is 2. The van der Waals surface area contributed by atoms with E-state index in [9.17, 15) is 18.4 Å². The van der Waals surface area contributed by atoms with Gasteiger partial charge in [-0.2, -0.15) is 0 Å². The smallest absolute Gasteiger partial charge is 0.328 e. The van der Waals surface area contributed by atoms with Crippen LogP contribution in [0.2, 0.25) is 5.02 Å². The van der Waals surface area contributed by atoms with Crippen LogP contribution in [0.25, 0.3) is 11.3 Å². The summed E-state index contributed by atoms with van der Waals surface area (Å²) in [6, 6.07) is 4.29. The van der Waals surface area contributed by atoms with Crippen LogP contribution in [0.15, 0.2) is 48.6 Å². The van der Waals surface area contributed by atoms with Crippen LogP contribution in [0.4, 0.5) is 14.5 Å². The normalized spacial score (nSPS) is 20.1. The second-order valence-corrected chi connectivity index (χ2v) is 10.2. The van der Waals surface area contributed by atoms with Crippen molar-refractivity contribution >= 4 is 59.6 Å². The van der Waals surface area contributed by atoms with E-state index in [1.54, 1.807) is 6.07 Å². The lowest BCUT2D eigenvalue weighted by Gasteiger charge is -2.28. The first kappa shape index (κ1) is 27.0. The van der Waals surface area contributed by atoms with E-state index in [2.05, 4.69) is 0 Å². The summed E-state index contributed by atoms with van der Waals surface area (Å²) >= 11 is 8.00. The van der Waals surface area contributed by atoms with Crippen LogP contribution < -0.4 is 4.90 Å². The first-order chi connectivity index (χ1) is 17.3. The van der Waals surface area contributed by atoms with Crippen molar-refractivity contribution < 1.29 is 27.3 Å². The number of rotatable bonds is 8. The van der Waals surface area contributed by atoms with Gasteiger partial charge in [-0.15, -0.1) is 0 Å².